The molecular formula is C22H43NO3. The van der Waals surface area contributed by atoms with Crippen molar-refractivity contribution in [1.82, 2.24) is 4.90 Å². The largest absolute Gasteiger partial charge is 0.465 e. The van der Waals surface area contributed by atoms with Crippen molar-refractivity contribution in [3.63, 3.8) is 0 Å². The second-order valence-corrected chi connectivity index (χ2v) is 7.09. The molecule has 0 bridgehead atoms. The van der Waals surface area contributed by atoms with E-state index in [1.54, 1.807) is 0 Å². The lowest BCUT2D eigenvalue weighted by Gasteiger charge is -2.16. The SMILES string of the molecule is CC.CCCCCCCCCCCCN1CC(C(=O)OCCC)CC1=O. The van der Waals surface area contributed by atoms with Crippen LogP contribution in [0.25, 0.3) is 0 Å². The Morgan fingerprint density at radius 2 is 1.46 bits per heavy atom. The van der Waals surface area contributed by atoms with Crippen LogP contribution < -0.4 is 0 Å². The molecule has 4 nitrogen and oxygen atoms in total. The van der Waals surface area contributed by atoms with E-state index >= 15 is 0 Å². The first kappa shape index (κ1) is 24.9. The number of unbranched alkanes of at least 4 members (excludes halogenated alkanes) is 9. The number of hydrogen-bond donors (Lipinski definition) is 0. The summed E-state index contributed by atoms with van der Waals surface area (Å²) >= 11 is 0. The second-order valence-electron chi connectivity index (χ2n) is 7.09. The molecular weight excluding hydrogens is 326 g/mol. The van der Waals surface area contributed by atoms with Gasteiger partial charge in [-0.2, -0.15) is 0 Å². The molecule has 4 heteroatoms. The van der Waals surface area contributed by atoms with Crippen molar-refractivity contribution in [3.05, 3.63) is 0 Å². The van der Waals surface area contributed by atoms with Crippen molar-refractivity contribution < 1.29 is 14.3 Å². The molecule has 1 saturated heterocycles. The Kier molecular flexibility index (Phi) is 16.7. The van der Waals surface area contributed by atoms with Crippen molar-refractivity contribution in [3.8, 4) is 0 Å². The summed E-state index contributed by atoms with van der Waals surface area (Å²) in [6, 6.07) is 0. The minimum atomic E-state index is -0.243. The molecule has 1 amide bonds. The summed E-state index contributed by atoms with van der Waals surface area (Å²) in [5.74, 6) is -0.327. The van der Waals surface area contributed by atoms with Crippen LogP contribution in [0.15, 0.2) is 0 Å². The van der Waals surface area contributed by atoms with E-state index in [-0.39, 0.29) is 17.8 Å². The average molecular weight is 370 g/mol. The van der Waals surface area contributed by atoms with Gasteiger partial charge in [0, 0.05) is 19.5 Å². The van der Waals surface area contributed by atoms with Crippen molar-refractivity contribution in [2.75, 3.05) is 19.7 Å². The zero-order chi connectivity index (χ0) is 19.6. The Labute approximate surface area is 162 Å². The maximum absolute atomic E-state index is 12.0. The molecule has 1 heterocycles. The van der Waals surface area contributed by atoms with E-state index in [2.05, 4.69) is 6.92 Å². The van der Waals surface area contributed by atoms with E-state index in [1.165, 1.54) is 57.8 Å². The molecule has 1 unspecified atom stereocenters. The van der Waals surface area contributed by atoms with E-state index in [0.29, 0.717) is 19.6 Å². The van der Waals surface area contributed by atoms with Gasteiger partial charge in [-0.1, -0.05) is 85.5 Å². The van der Waals surface area contributed by atoms with Crippen LogP contribution in [-0.4, -0.2) is 36.5 Å². The molecule has 0 N–H and O–H groups in total. The van der Waals surface area contributed by atoms with Gasteiger partial charge in [-0.3, -0.25) is 9.59 Å². The van der Waals surface area contributed by atoms with Gasteiger partial charge in [-0.05, 0) is 12.8 Å². The highest BCUT2D eigenvalue weighted by Gasteiger charge is 2.34. The molecule has 1 rings (SSSR count). The van der Waals surface area contributed by atoms with Gasteiger partial charge in [0.2, 0.25) is 5.91 Å². The van der Waals surface area contributed by atoms with Gasteiger partial charge in [0.25, 0.3) is 0 Å². The minimum absolute atomic E-state index is 0.115. The summed E-state index contributed by atoms with van der Waals surface area (Å²) in [7, 11) is 0. The van der Waals surface area contributed by atoms with Gasteiger partial charge in [0.15, 0.2) is 0 Å². The van der Waals surface area contributed by atoms with Crippen molar-refractivity contribution in [1.29, 1.82) is 0 Å². The zero-order valence-corrected chi connectivity index (χ0v) is 17.9. The number of esters is 1. The number of ether oxygens (including phenoxy) is 1. The molecule has 0 aliphatic carbocycles. The van der Waals surface area contributed by atoms with E-state index in [0.717, 1.165) is 19.4 Å². The van der Waals surface area contributed by atoms with Gasteiger partial charge >= 0.3 is 5.97 Å². The fourth-order valence-corrected chi connectivity index (χ4v) is 3.26. The van der Waals surface area contributed by atoms with E-state index in [9.17, 15) is 9.59 Å². The lowest BCUT2D eigenvalue weighted by atomic mass is 10.1. The van der Waals surface area contributed by atoms with E-state index < -0.39 is 0 Å². The van der Waals surface area contributed by atoms with Crippen LogP contribution in [0.3, 0.4) is 0 Å². The Hall–Kier alpha value is -1.06. The predicted molar refractivity (Wildman–Crippen MR) is 109 cm³/mol. The fourth-order valence-electron chi connectivity index (χ4n) is 3.26. The Balaban J connectivity index is 0.00000301. The number of hydrogen-bond acceptors (Lipinski definition) is 3. The van der Waals surface area contributed by atoms with Gasteiger partial charge in [0.1, 0.15) is 0 Å². The Bertz CT molecular complexity index is 357. The average Bonchev–Trinajstić information content (AvgIpc) is 3.03. The summed E-state index contributed by atoms with van der Waals surface area (Å²) in [4.78, 5) is 25.7. The number of likely N-dealkylation sites (tertiary alicyclic amines) is 1. The Morgan fingerprint density at radius 3 is 2.00 bits per heavy atom. The van der Waals surface area contributed by atoms with Gasteiger partial charge in [0.05, 0.1) is 12.5 Å². The number of rotatable bonds is 14. The second kappa shape index (κ2) is 17.4. The van der Waals surface area contributed by atoms with Gasteiger partial charge in [-0.25, -0.2) is 0 Å². The molecule has 1 aliphatic rings. The summed E-state index contributed by atoms with van der Waals surface area (Å²) in [6.45, 7) is 10.0. The first-order valence-electron chi connectivity index (χ1n) is 11.1. The van der Waals surface area contributed by atoms with Crippen molar-refractivity contribution in [2.24, 2.45) is 5.92 Å². The molecule has 1 atom stereocenters. The van der Waals surface area contributed by atoms with Crippen LogP contribution in [0.5, 0.6) is 0 Å². The summed E-state index contributed by atoms with van der Waals surface area (Å²) in [6.07, 6.45) is 14.1. The predicted octanol–water partition coefficient (Wildman–Crippen LogP) is 5.74. The smallest absolute Gasteiger partial charge is 0.311 e. The van der Waals surface area contributed by atoms with Crippen LogP contribution in [-0.2, 0) is 14.3 Å². The molecule has 0 aromatic rings. The maximum atomic E-state index is 12.0. The third kappa shape index (κ3) is 11.5. The number of carbonyl (C=O) groups excluding carboxylic acids is 2. The third-order valence-electron chi connectivity index (χ3n) is 4.78. The fraction of sp³-hybridized carbons (Fsp3) is 0.909. The number of carbonyl (C=O) groups is 2. The summed E-state index contributed by atoms with van der Waals surface area (Å²) < 4.78 is 5.16. The maximum Gasteiger partial charge on any atom is 0.311 e. The normalized spacial score (nSPS) is 16.4. The molecule has 1 aliphatic heterocycles. The standard InChI is InChI=1S/C20H37NO3.C2H6/c1-3-5-6-7-8-9-10-11-12-13-14-21-17-18(16-19(21)22)20(23)24-15-4-2;1-2/h18H,3-17H2,1-2H3;1-2H3. The third-order valence-corrected chi connectivity index (χ3v) is 4.78. The van der Waals surface area contributed by atoms with Crippen LogP contribution in [0.2, 0.25) is 0 Å². The molecule has 1 fully saturated rings. The van der Waals surface area contributed by atoms with Crippen LogP contribution in [0, 0.1) is 5.92 Å². The molecule has 154 valence electrons. The van der Waals surface area contributed by atoms with Crippen LogP contribution >= 0.6 is 0 Å². The topological polar surface area (TPSA) is 46.6 Å². The minimum Gasteiger partial charge on any atom is -0.465 e. The van der Waals surface area contributed by atoms with Crippen LogP contribution in [0.4, 0.5) is 0 Å². The van der Waals surface area contributed by atoms with E-state index in [1.807, 2.05) is 25.7 Å². The van der Waals surface area contributed by atoms with Crippen LogP contribution in [0.1, 0.15) is 105 Å². The highest BCUT2D eigenvalue weighted by atomic mass is 16.5. The molecule has 0 spiro atoms. The number of amides is 1. The zero-order valence-electron chi connectivity index (χ0n) is 17.9. The number of nitrogens with zero attached hydrogens (tertiary/aromatic N) is 1. The monoisotopic (exact) mass is 369 g/mol. The summed E-state index contributed by atoms with van der Waals surface area (Å²) in [5.41, 5.74) is 0. The molecule has 0 aromatic heterocycles. The molecule has 0 saturated carbocycles. The molecule has 0 radical (unpaired) electrons. The van der Waals surface area contributed by atoms with E-state index in [4.69, 9.17) is 4.74 Å². The Morgan fingerprint density at radius 1 is 0.923 bits per heavy atom. The van der Waals surface area contributed by atoms with Gasteiger partial charge < -0.3 is 9.64 Å². The summed E-state index contributed by atoms with van der Waals surface area (Å²) in [5, 5.41) is 0. The molecule has 0 aromatic carbocycles. The highest BCUT2D eigenvalue weighted by molar-refractivity contribution is 5.86. The first-order chi connectivity index (χ1) is 12.7. The lowest BCUT2D eigenvalue weighted by Crippen LogP contribution is -2.27. The van der Waals surface area contributed by atoms with Crippen molar-refractivity contribution in [2.45, 2.75) is 105 Å². The quantitative estimate of drug-likeness (QED) is 0.290. The lowest BCUT2D eigenvalue weighted by molar-refractivity contribution is -0.148. The van der Waals surface area contributed by atoms with Crippen molar-refractivity contribution >= 4 is 11.9 Å². The molecule has 26 heavy (non-hydrogen) atoms. The first-order valence-corrected chi connectivity index (χ1v) is 11.1. The highest BCUT2D eigenvalue weighted by Crippen LogP contribution is 2.20. The van der Waals surface area contributed by atoms with Gasteiger partial charge in [-0.15, -0.1) is 0 Å².